The number of ether oxygens (including phenoxy) is 3. The number of pyridine rings is 1. The summed E-state index contributed by atoms with van der Waals surface area (Å²) in [4.78, 5) is 7.93. The summed E-state index contributed by atoms with van der Waals surface area (Å²) < 4.78 is 47.3. The fraction of sp³-hybridized carbons (Fsp3) is 0.259. The molecule has 8 heteroatoms. The normalized spacial score (nSPS) is 21.3. The molecule has 0 saturated carbocycles. The third-order valence-electron chi connectivity index (χ3n) is 6.54. The predicted octanol–water partition coefficient (Wildman–Crippen LogP) is 4.50. The summed E-state index contributed by atoms with van der Waals surface area (Å²) in [5.41, 5.74) is 7.06. The van der Waals surface area contributed by atoms with Crippen LogP contribution < -0.4 is 10.5 Å². The standard InChI is InChI=1S/C27H21F2N3O3/c1-26(14-33-15-26)7-6-16-11-20-23(21(28)12-16)34-22-5-4-17(18-3-2-9-31-24(18)29)13-19(22)27(20)8-10-32-25(30)35-27/h2-5,9,11-13H,8,10,14-15H2,1H3,(H2,30,32). The van der Waals surface area contributed by atoms with Gasteiger partial charge in [-0.3, -0.25) is 0 Å². The monoisotopic (exact) mass is 473 g/mol. The number of aromatic nitrogens is 1. The van der Waals surface area contributed by atoms with Crippen LogP contribution in [0.5, 0.6) is 11.5 Å². The molecule has 2 aromatic carbocycles. The van der Waals surface area contributed by atoms with Gasteiger partial charge in [-0.25, -0.2) is 14.4 Å². The highest BCUT2D eigenvalue weighted by atomic mass is 19.1. The minimum absolute atomic E-state index is 0.0102. The molecule has 3 aliphatic rings. The van der Waals surface area contributed by atoms with Gasteiger partial charge >= 0.3 is 0 Å². The summed E-state index contributed by atoms with van der Waals surface area (Å²) in [7, 11) is 0. The van der Waals surface area contributed by atoms with E-state index in [1.54, 1.807) is 36.4 Å². The zero-order valence-corrected chi connectivity index (χ0v) is 18.9. The van der Waals surface area contributed by atoms with Crippen LogP contribution in [0.15, 0.2) is 53.7 Å². The molecule has 0 aliphatic carbocycles. The molecule has 6 nitrogen and oxygen atoms in total. The topological polar surface area (TPSA) is 79.0 Å². The Kier molecular flexibility index (Phi) is 4.80. The first-order chi connectivity index (χ1) is 16.9. The molecule has 0 bridgehead atoms. The lowest BCUT2D eigenvalue weighted by atomic mass is 9.78. The van der Waals surface area contributed by atoms with E-state index in [2.05, 4.69) is 21.8 Å². The van der Waals surface area contributed by atoms with Gasteiger partial charge in [-0.05, 0) is 48.9 Å². The lowest BCUT2D eigenvalue weighted by molar-refractivity contribution is -0.0648. The second-order valence-corrected chi connectivity index (χ2v) is 9.19. The zero-order chi connectivity index (χ0) is 24.2. The first-order valence-electron chi connectivity index (χ1n) is 11.2. The third-order valence-corrected chi connectivity index (χ3v) is 6.54. The first-order valence-corrected chi connectivity index (χ1v) is 11.2. The van der Waals surface area contributed by atoms with Gasteiger partial charge in [-0.2, -0.15) is 4.39 Å². The van der Waals surface area contributed by atoms with Gasteiger partial charge < -0.3 is 19.9 Å². The first kappa shape index (κ1) is 21.6. The summed E-state index contributed by atoms with van der Waals surface area (Å²) in [6.45, 7) is 3.44. The number of halogens is 2. The summed E-state index contributed by atoms with van der Waals surface area (Å²) in [6.07, 6.45) is 1.78. The number of nitrogens with zero attached hydrogens (tertiary/aromatic N) is 2. The third kappa shape index (κ3) is 3.51. The Labute approximate surface area is 200 Å². The molecule has 1 atom stereocenters. The van der Waals surface area contributed by atoms with Crippen molar-refractivity contribution in [1.82, 2.24) is 4.98 Å². The fourth-order valence-electron chi connectivity index (χ4n) is 4.70. The molecule has 176 valence electrons. The van der Waals surface area contributed by atoms with Crippen LogP contribution in [0.2, 0.25) is 0 Å². The van der Waals surface area contributed by atoms with Gasteiger partial charge in [0.15, 0.2) is 17.2 Å². The fourth-order valence-corrected chi connectivity index (χ4v) is 4.70. The van der Waals surface area contributed by atoms with Crippen molar-refractivity contribution in [3.05, 3.63) is 77.1 Å². The molecule has 35 heavy (non-hydrogen) atoms. The molecule has 4 heterocycles. The molecule has 1 unspecified atom stereocenters. The van der Waals surface area contributed by atoms with Crippen molar-refractivity contribution in [3.8, 4) is 34.5 Å². The van der Waals surface area contributed by atoms with Gasteiger partial charge in [-0.15, -0.1) is 0 Å². The zero-order valence-electron chi connectivity index (χ0n) is 18.9. The molecule has 0 amide bonds. The van der Waals surface area contributed by atoms with E-state index >= 15 is 4.39 Å². The summed E-state index contributed by atoms with van der Waals surface area (Å²) >= 11 is 0. The average molecular weight is 473 g/mol. The lowest BCUT2D eigenvalue weighted by Crippen LogP contribution is -2.42. The van der Waals surface area contributed by atoms with Gasteiger partial charge in [0, 0.05) is 41.4 Å². The van der Waals surface area contributed by atoms with Crippen molar-refractivity contribution in [2.45, 2.75) is 18.9 Å². The summed E-state index contributed by atoms with van der Waals surface area (Å²) in [6, 6.07) is 11.6. The molecule has 1 aromatic heterocycles. The SMILES string of the molecule is CC1(C#Cc2cc(F)c3c(c2)C2(CCN=C(N)O2)c2cc(-c4cccnc4F)ccc2O3)COC1. The molecule has 1 spiro atoms. The van der Waals surface area contributed by atoms with E-state index in [9.17, 15) is 4.39 Å². The Balaban J connectivity index is 1.53. The maximum atomic E-state index is 15.4. The van der Waals surface area contributed by atoms with Crippen molar-refractivity contribution in [3.63, 3.8) is 0 Å². The highest BCUT2D eigenvalue weighted by molar-refractivity contribution is 5.76. The van der Waals surface area contributed by atoms with Crippen LogP contribution in [0.3, 0.4) is 0 Å². The number of hydrogen-bond acceptors (Lipinski definition) is 6. The van der Waals surface area contributed by atoms with Crippen LogP contribution in [0.1, 0.15) is 30.0 Å². The second-order valence-electron chi connectivity index (χ2n) is 9.19. The molecule has 2 N–H and O–H groups in total. The number of nitrogens with two attached hydrogens (primary N) is 1. The number of aliphatic imine (C=N–C) groups is 1. The van der Waals surface area contributed by atoms with Gasteiger partial charge in [0.25, 0.3) is 6.02 Å². The smallest absolute Gasteiger partial charge is 0.283 e. The highest BCUT2D eigenvalue weighted by Gasteiger charge is 2.48. The van der Waals surface area contributed by atoms with Crippen LogP contribution in [-0.2, 0) is 15.1 Å². The van der Waals surface area contributed by atoms with Crippen LogP contribution in [0.25, 0.3) is 11.1 Å². The van der Waals surface area contributed by atoms with Crippen molar-refractivity contribution in [2.24, 2.45) is 16.1 Å². The Morgan fingerprint density at radius 2 is 1.94 bits per heavy atom. The van der Waals surface area contributed by atoms with Crippen LogP contribution in [-0.4, -0.2) is 30.8 Å². The minimum atomic E-state index is -1.18. The molecular formula is C27H21F2N3O3. The predicted molar refractivity (Wildman–Crippen MR) is 125 cm³/mol. The van der Waals surface area contributed by atoms with Gasteiger partial charge in [0.2, 0.25) is 5.95 Å². The number of hydrogen-bond donors (Lipinski definition) is 1. The highest BCUT2D eigenvalue weighted by Crippen LogP contribution is 2.53. The molecule has 1 saturated heterocycles. The van der Waals surface area contributed by atoms with Gasteiger partial charge in [-0.1, -0.05) is 17.9 Å². The Morgan fingerprint density at radius 3 is 2.69 bits per heavy atom. The molecule has 3 aromatic rings. The molecule has 6 rings (SSSR count). The van der Waals surface area contributed by atoms with Gasteiger partial charge in [0.05, 0.1) is 18.6 Å². The average Bonchev–Trinajstić information content (AvgIpc) is 2.83. The summed E-state index contributed by atoms with van der Waals surface area (Å²) in [5, 5.41) is 0. The molecule has 1 fully saturated rings. The largest absolute Gasteiger partial charge is 0.453 e. The number of rotatable bonds is 1. The Hall–Kier alpha value is -3.96. The maximum Gasteiger partial charge on any atom is 0.283 e. The van der Waals surface area contributed by atoms with Crippen molar-refractivity contribution < 1.29 is 23.0 Å². The molecule has 3 aliphatic heterocycles. The maximum absolute atomic E-state index is 15.4. The van der Waals surface area contributed by atoms with Crippen molar-refractivity contribution >= 4 is 6.02 Å². The van der Waals surface area contributed by atoms with E-state index in [0.717, 1.165) is 0 Å². The minimum Gasteiger partial charge on any atom is -0.453 e. The van der Waals surface area contributed by atoms with Crippen LogP contribution in [0, 0.1) is 29.0 Å². The number of fused-ring (bicyclic) bond motifs is 4. The second kappa shape index (κ2) is 7.79. The Morgan fingerprint density at radius 1 is 1.09 bits per heavy atom. The Bertz CT molecular complexity index is 1460. The number of amidine groups is 1. The van der Waals surface area contributed by atoms with Crippen LogP contribution >= 0.6 is 0 Å². The van der Waals surface area contributed by atoms with E-state index in [4.69, 9.17) is 19.9 Å². The van der Waals surface area contributed by atoms with E-state index in [1.807, 2.05) is 6.92 Å². The van der Waals surface area contributed by atoms with Crippen molar-refractivity contribution in [1.29, 1.82) is 0 Å². The van der Waals surface area contributed by atoms with Crippen LogP contribution in [0.4, 0.5) is 8.78 Å². The lowest BCUT2D eigenvalue weighted by Gasteiger charge is -2.41. The van der Waals surface area contributed by atoms with Crippen molar-refractivity contribution in [2.75, 3.05) is 19.8 Å². The van der Waals surface area contributed by atoms with Gasteiger partial charge in [0.1, 0.15) is 5.75 Å². The number of benzene rings is 2. The summed E-state index contributed by atoms with van der Waals surface area (Å²) in [5.74, 6) is 5.56. The quantitative estimate of drug-likeness (QED) is 0.416. The van der Waals surface area contributed by atoms with E-state index in [1.165, 1.54) is 12.3 Å². The van der Waals surface area contributed by atoms with E-state index in [-0.39, 0.29) is 17.2 Å². The van der Waals surface area contributed by atoms with E-state index < -0.39 is 17.4 Å². The molecular weight excluding hydrogens is 452 g/mol. The van der Waals surface area contributed by atoms with E-state index in [0.29, 0.717) is 59.7 Å². The molecule has 0 radical (unpaired) electrons.